The Balaban J connectivity index is 1.69. The Bertz CT molecular complexity index is 1300. The molecule has 2 aromatic rings. The van der Waals surface area contributed by atoms with Crippen LogP contribution in [0, 0.1) is 5.41 Å². The first-order chi connectivity index (χ1) is 19.3. The van der Waals surface area contributed by atoms with E-state index in [0.717, 1.165) is 0 Å². The molecule has 3 amide bonds. The van der Waals surface area contributed by atoms with Crippen LogP contribution in [0.4, 0.5) is 27.5 Å². The van der Waals surface area contributed by atoms with E-state index in [1.165, 1.54) is 24.3 Å². The minimum atomic E-state index is -0.696. The molecule has 0 atom stereocenters. The van der Waals surface area contributed by atoms with Gasteiger partial charge in [0.15, 0.2) is 0 Å². The van der Waals surface area contributed by atoms with E-state index in [2.05, 4.69) is 10.6 Å². The molecule has 1 saturated heterocycles. The number of nitrogens with zero attached hydrogens (tertiary/aromatic N) is 1. The van der Waals surface area contributed by atoms with Crippen LogP contribution < -0.4 is 43.0 Å². The molecule has 0 aromatic heterocycles. The fourth-order valence-corrected chi connectivity index (χ4v) is 4.56. The summed E-state index contributed by atoms with van der Waals surface area (Å²) in [6.45, 7) is 6.86. The largest absolute Gasteiger partial charge is 0.490 e. The van der Waals surface area contributed by atoms with Crippen molar-refractivity contribution in [2.75, 3.05) is 61.5 Å². The number of hydrogen-bond donors (Lipinski definition) is 6. The normalized spacial score (nSPS) is 17.4. The van der Waals surface area contributed by atoms with Gasteiger partial charge >= 0.3 is 6.09 Å². The van der Waals surface area contributed by atoms with Crippen molar-refractivity contribution >= 4 is 40.7 Å². The number of primary amides is 2. The second-order valence-electron chi connectivity index (χ2n) is 11.3. The predicted octanol–water partition coefficient (Wildman–Crippen LogP) is 2.14. The molecular weight excluding hydrogens is 530 g/mol. The molecule has 41 heavy (non-hydrogen) atoms. The zero-order valence-corrected chi connectivity index (χ0v) is 23.4. The first kappa shape index (κ1) is 29.2. The Hall–Kier alpha value is -4.81. The molecule has 2 aromatic carbocycles. The molecule has 2 aliphatic rings. The third-order valence-corrected chi connectivity index (χ3v) is 6.57. The fraction of sp³-hybridized carbons (Fsp3) is 0.393. The predicted molar refractivity (Wildman–Crippen MR) is 156 cm³/mol. The van der Waals surface area contributed by atoms with E-state index in [9.17, 15) is 14.4 Å². The summed E-state index contributed by atoms with van der Waals surface area (Å²) in [5.74, 6) is -0.642. The van der Waals surface area contributed by atoms with Gasteiger partial charge in [-0.25, -0.2) is 4.79 Å². The average Bonchev–Trinajstić information content (AvgIpc) is 2.85. The first-order valence-corrected chi connectivity index (χ1v) is 13.1. The van der Waals surface area contributed by atoms with Crippen LogP contribution in [0.3, 0.4) is 0 Å². The molecule has 2 aliphatic heterocycles. The summed E-state index contributed by atoms with van der Waals surface area (Å²) in [6.07, 6.45) is 3.28. The van der Waals surface area contributed by atoms with E-state index >= 15 is 0 Å². The molecule has 0 radical (unpaired) electrons. The molecule has 220 valence electrons. The van der Waals surface area contributed by atoms with Crippen molar-refractivity contribution in [2.45, 2.75) is 26.4 Å². The summed E-state index contributed by atoms with van der Waals surface area (Å²) in [5.41, 5.74) is 24.2. The Labute approximate surface area is 238 Å². The maximum Gasteiger partial charge on any atom is 0.410 e. The van der Waals surface area contributed by atoms with Gasteiger partial charge in [0.05, 0.1) is 16.8 Å². The zero-order valence-electron chi connectivity index (χ0n) is 23.4. The molecular formula is C28H37N7O6. The number of rotatable bonds is 2. The van der Waals surface area contributed by atoms with E-state index in [0.29, 0.717) is 47.3 Å². The summed E-state index contributed by atoms with van der Waals surface area (Å²) in [4.78, 5) is 38.2. The Kier molecular flexibility index (Phi) is 8.08. The summed E-state index contributed by atoms with van der Waals surface area (Å²) >= 11 is 0. The topological polar surface area (TPSA) is 210 Å². The molecule has 13 heteroatoms. The van der Waals surface area contributed by atoms with Crippen LogP contribution in [0.15, 0.2) is 36.4 Å². The average molecular weight is 568 g/mol. The van der Waals surface area contributed by atoms with Gasteiger partial charge in [0.2, 0.25) is 11.8 Å². The maximum atomic E-state index is 12.8. The highest BCUT2D eigenvalue weighted by molar-refractivity contribution is 5.97. The SMILES string of the molecule is CC(C)(C)OC(=O)N1CC2(COc3cc(C(N)=O)cc(N)c3NC/C=C\CNc3c(N)cc(C(N)=O)cc3OC2)C1. The second-order valence-corrected chi connectivity index (χ2v) is 11.3. The van der Waals surface area contributed by atoms with Crippen LogP contribution in [-0.4, -0.2) is 67.8 Å². The number of anilines is 4. The van der Waals surface area contributed by atoms with Gasteiger partial charge in [0, 0.05) is 37.3 Å². The molecule has 0 aliphatic carbocycles. The minimum absolute atomic E-state index is 0.0895. The van der Waals surface area contributed by atoms with Crippen LogP contribution >= 0.6 is 0 Å². The highest BCUT2D eigenvalue weighted by Crippen LogP contribution is 2.39. The third kappa shape index (κ3) is 6.86. The number of fused-ring (bicyclic) bond motifs is 2. The number of carbonyl (C=O) groups is 3. The van der Waals surface area contributed by atoms with Crippen LogP contribution in [0.25, 0.3) is 0 Å². The first-order valence-electron chi connectivity index (χ1n) is 13.1. The summed E-state index contributed by atoms with van der Waals surface area (Å²) in [6, 6.07) is 6.02. The number of carbonyl (C=O) groups excluding carboxylic acids is 3. The van der Waals surface area contributed by atoms with Crippen LogP contribution in [0.1, 0.15) is 41.5 Å². The molecule has 2 heterocycles. The summed E-state index contributed by atoms with van der Waals surface area (Å²) < 4.78 is 18.0. The molecule has 4 rings (SSSR count). The number of nitrogen functional groups attached to an aromatic ring is 2. The zero-order chi connectivity index (χ0) is 29.9. The van der Waals surface area contributed by atoms with Gasteiger partial charge in [0.1, 0.15) is 41.7 Å². The van der Waals surface area contributed by atoms with Gasteiger partial charge in [-0.2, -0.15) is 0 Å². The second kappa shape index (κ2) is 11.4. The van der Waals surface area contributed by atoms with Gasteiger partial charge in [0.25, 0.3) is 0 Å². The van der Waals surface area contributed by atoms with E-state index in [1.54, 1.807) is 25.7 Å². The van der Waals surface area contributed by atoms with E-state index in [1.807, 2.05) is 12.2 Å². The van der Waals surface area contributed by atoms with Crippen LogP contribution in [0.5, 0.6) is 11.5 Å². The number of ether oxygens (including phenoxy) is 3. The van der Waals surface area contributed by atoms with Crippen molar-refractivity contribution in [1.82, 2.24) is 4.90 Å². The van der Waals surface area contributed by atoms with Gasteiger partial charge in [-0.05, 0) is 45.0 Å². The highest BCUT2D eigenvalue weighted by atomic mass is 16.6. The van der Waals surface area contributed by atoms with Crippen LogP contribution in [0.2, 0.25) is 0 Å². The molecule has 0 saturated carbocycles. The van der Waals surface area contributed by atoms with Gasteiger partial charge < -0.3 is 52.7 Å². The quantitative estimate of drug-likeness (QED) is 0.230. The fourth-order valence-electron chi connectivity index (χ4n) is 4.56. The molecule has 0 bridgehead atoms. The van der Waals surface area contributed by atoms with Crippen LogP contribution in [-0.2, 0) is 4.74 Å². The monoisotopic (exact) mass is 567 g/mol. The van der Waals surface area contributed by atoms with Crippen molar-refractivity contribution in [3.8, 4) is 11.5 Å². The lowest BCUT2D eigenvalue weighted by Crippen LogP contribution is -2.64. The lowest BCUT2D eigenvalue weighted by molar-refractivity contribution is -0.0694. The molecule has 10 N–H and O–H groups in total. The Morgan fingerprint density at radius 2 is 1.27 bits per heavy atom. The van der Waals surface area contributed by atoms with Crippen molar-refractivity contribution in [1.29, 1.82) is 0 Å². The molecule has 1 spiro atoms. The van der Waals surface area contributed by atoms with Gasteiger partial charge in [-0.3, -0.25) is 9.59 Å². The van der Waals surface area contributed by atoms with Gasteiger partial charge in [-0.15, -0.1) is 0 Å². The maximum absolute atomic E-state index is 12.8. The highest BCUT2D eigenvalue weighted by Gasteiger charge is 2.48. The third-order valence-electron chi connectivity index (χ3n) is 6.57. The number of nitrogens with two attached hydrogens (primary N) is 4. The summed E-state index contributed by atoms with van der Waals surface area (Å²) in [5, 5.41) is 6.45. The number of amides is 3. The number of benzene rings is 2. The van der Waals surface area contributed by atoms with Crippen molar-refractivity contribution in [3.05, 3.63) is 47.5 Å². The lowest BCUT2D eigenvalue weighted by atomic mass is 9.81. The van der Waals surface area contributed by atoms with Gasteiger partial charge in [-0.1, -0.05) is 12.2 Å². The number of nitrogens with one attached hydrogen (secondary N) is 2. The van der Waals surface area contributed by atoms with Crippen molar-refractivity contribution in [2.24, 2.45) is 16.9 Å². The summed E-state index contributed by atoms with van der Waals surface area (Å²) in [7, 11) is 0. The minimum Gasteiger partial charge on any atom is -0.490 e. The lowest BCUT2D eigenvalue weighted by Gasteiger charge is -2.49. The van der Waals surface area contributed by atoms with Crippen molar-refractivity contribution < 1.29 is 28.6 Å². The Morgan fingerprint density at radius 1 is 0.829 bits per heavy atom. The molecule has 13 nitrogen and oxygen atoms in total. The Morgan fingerprint density at radius 3 is 1.66 bits per heavy atom. The smallest absolute Gasteiger partial charge is 0.410 e. The molecule has 0 unspecified atom stereocenters. The van der Waals surface area contributed by atoms with E-state index in [-0.39, 0.29) is 37.4 Å². The van der Waals surface area contributed by atoms with Crippen molar-refractivity contribution in [3.63, 3.8) is 0 Å². The van der Waals surface area contributed by atoms with E-state index < -0.39 is 28.9 Å². The number of likely N-dealkylation sites (tertiary alicyclic amines) is 1. The standard InChI is InChI=1S/C28H37N7O6/c1-27(2,3)41-26(38)35-12-28(13-35)14-39-20-10-16(24(31)36)8-18(29)22(20)33-6-4-5-7-34-23-19(30)9-17(25(32)37)11-21(23)40-15-28/h4-5,8-11,33-34H,6-7,12-15,29-30H2,1-3H3,(H2,31,36)(H2,32,37)/b5-4-. The molecule has 1 fully saturated rings. The number of hydrogen-bond acceptors (Lipinski definition) is 10. The van der Waals surface area contributed by atoms with E-state index in [4.69, 9.17) is 37.1 Å².